The Labute approximate surface area is 150 Å². The van der Waals surface area contributed by atoms with E-state index in [0.29, 0.717) is 23.5 Å². The SMILES string of the molecule is COc1ncnc(Cn2cc(C(=O)NCCO)c3nccc(C)c32)c1C. The molecule has 0 saturated heterocycles. The van der Waals surface area contributed by atoms with Gasteiger partial charge in [0.1, 0.15) is 11.8 Å². The third-order valence-electron chi connectivity index (χ3n) is 4.25. The maximum absolute atomic E-state index is 12.4. The number of amides is 1. The zero-order valence-corrected chi connectivity index (χ0v) is 15.0. The number of aromatic nitrogens is 4. The van der Waals surface area contributed by atoms with Gasteiger partial charge in [0.05, 0.1) is 37.0 Å². The molecule has 0 radical (unpaired) electrons. The summed E-state index contributed by atoms with van der Waals surface area (Å²) in [4.78, 5) is 25.3. The first-order valence-corrected chi connectivity index (χ1v) is 8.24. The third kappa shape index (κ3) is 3.23. The van der Waals surface area contributed by atoms with Gasteiger partial charge < -0.3 is 19.7 Å². The predicted octanol–water partition coefficient (Wildman–Crippen LogP) is 1.22. The molecule has 0 saturated carbocycles. The Kier molecular flexibility index (Phi) is 5.13. The summed E-state index contributed by atoms with van der Waals surface area (Å²) in [5, 5.41) is 11.6. The molecule has 0 bridgehead atoms. The molecule has 0 aromatic carbocycles. The molecule has 26 heavy (non-hydrogen) atoms. The minimum atomic E-state index is -0.266. The van der Waals surface area contributed by atoms with Crippen molar-refractivity contribution in [3.05, 3.63) is 47.2 Å². The van der Waals surface area contributed by atoms with Crippen LogP contribution < -0.4 is 10.1 Å². The zero-order chi connectivity index (χ0) is 18.7. The monoisotopic (exact) mass is 355 g/mol. The van der Waals surface area contributed by atoms with Gasteiger partial charge in [-0.3, -0.25) is 9.78 Å². The van der Waals surface area contributed by atoms with Gasteiger partial charge in [-0.05, 0) is 25.5 Å². The number of rotatable bonds is 6. The lowest BCUT2D eigenvalue weighted by molar-refractivity contribution is 0.0946. The Morgan fingerprint density at radius 3 is 2.85 bits per heavy atom. The minimum Gasteiger partial charge on any atom is -0.481 e. The fraction of sp³-hybridized carbons (Fsp3) is 0.333. The third-order valence-corrected chi connectivity index (χ3v) is 4.25. The summed E-state index contributed by atoms with van der Waals surface area (Å²) >= 11 is 0. The molecule has 0 aliphatic carbocycles. The van der Waals surface area contributed by atoms with Gasteiger partial charge in [0.25, 0.3) is 5.91 Å². The molecule has 1 amide bonds. The largest absolute Gasteiger partial charge is 0.481 e. The Morgan fingerprint density at radius 2 is 2.12 bits per heavy atom. The molecule has 0 atom stereocenters. The zero-order valence-electron chi connectivity index (χ0n) is 15.0. The Balaban J connectivity index is 2.08. The highest BCUT2D eigenvalue weighted by molar-refractivity contribution is 6.06. The molecule has 3 aromatic heterocycles. The van der Waals surface area contributed by atoms with Crippen LogP contribution >= 0.6 is 0 Å². The van der Waals surface area contributed by atoms with E-state index < -0.39 is 0 Å². The van der Waals surface area contributed by atoms with Crippen molar-refractivity contribution >= 4 is 16.9 Å². The first kappa shape index (κ1) is 17.8. The van der Waals surface area contributed by atoms with E-state index in [-0.39, 0.29) is 19.1 Å². The Bertz CT molecular complexity index is 951. The molecule has 136 valence electrons. The van der Waals surface area contributed by atoms with Gasteiger partial charge in [0.15, 0.2) is 0 Å². The van der Waals surface area contributed by atoms with E-state index in [1.807, 2.05) is 24.5 Å². The van der Waals surface area contributed by atoms with Crippen LogP contribution in [0.3, 0.4) is 0 Å². The maximum Gasteiger partial charge on any atom is 0.255 e. The molecule has 0 fully saturated rings. The highest BCUT2D eigenvalue weighted by Crippen LogP contribution is 2.25. The van der Waals surface area contributed by atoms with Gasteiger partial charge in [-0.25, -0.2) is 9.97 Å². The predicted molar refractivity (Wildman–Crippen MR) is 96.3 cm³/mol. The summed E-state index contributed by atoms with van der Waals surface area (Å²) < 4.78 is 7.22. The number of hydrogen-bond acceptors (Lipinski definition) is 6. The Hall–Kier alpha value is -3.00. The second kappa shape index (κ2) is 7.49. The lowest BCUT2D eigenvalue weighted by atomic mass is 10.2. The van der Waals surface area contributed by atoms with Gasteiger partial charge in [-0.15, -0.1) is 0 Å². The van der Waals surface area contributed by atoms with Crippen LogP contribution in [0.15, 0.2) is 24.8 Å². The molecule has 8 heteroatoms. The molecular formula is C18H21N5O3. The summed E-state index contributed by atoms with van der Waals surface area (Å²) in [5.41, 5.74) is 4.63. The quantitative estimate of drug-likeness (QED) is 0.689. The number of carbonyl (C=O) groups excluding carboxylic acids is 1. The number of aliphatic hydroxyl groups excluding tert-OH is 1. The fourth-order valence-corrected chi connectivity index (χ4v) is 2.94. The van der Waals surface area contributed by atoms with Crippen LogP contribution in [0.25, 0.3) is 11.0 Å². The van der Waals surface area contributed by atoms with E-state index in [0.717, 1.165) is 22.3 Å². The smallest absolute Gasteiger partial charge is 0.255 e. The lowest BCUT2D eigenvalue weighted by Gasteiger charge is -2.10. The second-order valence-electron chi connectivity index (χ2n) is 5.93. The number of aliphatic hydroxyl groups is 1. The minimum absolute atomic E-state index is 0.114. The fourth-order valence-electron chi connectivity index (χ4n) is 2.94. The molecule has 0 spiro atoms. The number of ether oxygens (including phenoxy) is 1. The molecule has 2 N–H and O–H groups in total. The van der Waals surface area contributed by atoms with E-state index in [9.17, 15) is 4.79 Å². The molecule has 3 heterocycles. The van der Waals surface area contributed by atoms with Crippen molar-refractivity contribution in [1.82, 2.24) is 24.8 Å². The average molecular weight is 355 g/mol. The van der Waals surface area contributed by atoms with Gasteiger partial charge in [-0.2, -0.15) is 0 Å². The number of carbonyl (C=O) groups is 1. The van der Waals surface area contributed by atoms with Crippen LogP contribution in [-0.4, -0.2) is 50.8 Å². The van der Waals surface area contributed by atoms with Crippen LogP contribution in [0.5, 0.6) is 5.88 Å². The number of nitrogens with zero attached hydrogens (tertiary/aromatic N) is 4. The van der Waals surface area contributed by atoms with E-state index in [4.69, 9.17) is 9.84 Å². The number of hydrogen-bond donors (Lipinski definition) is 2. The van der Waals surface area contributed by atoms with Crippen LogP contribution in [0.1, 0.15) is 27.2 Å². The van der Waals surface area contributed by atoms with Crippen molar-refractivity contribution in [3.8, 4) is 5.88 Å². The first-order chi connectivity index (χ1) is 12.6. The van der Waals surface area contributed by atoms with Crippen LogP contribution in [0.4, 0.5) is 0 Å². The lowest BCUT2D eigenvalue weighted by Crippen LogP contribution is -2.26. The van der Waals surface area contributed by atoms with E-state index in [1.165, 1.54) is 6.33 Å². The number of pyridine rings is 1. The van der Waals surface area contributed by atoms with Crippen molar-refractivity contribution in [2.24, 2.45) is 0 Å². The second-order valence-corrected chi connectivity index (χ2v) is 5.93. The number of fused-ring (bicyclic) bond motifs is 1. The Morgan fingerprint density at radius 1 is 1.31 bits per heavy atom. The van der Waals surface area contributed by atoms with E-state index in [2.05, 4.69) is 20.3 Å². The van der Waals surface area contributed by atoms with Crippen molar-refractivity contribution in [2.75, 3.05) is 20.3 Å². The standard InChI is InChI=1S/C18H21N5O3/c1-11-4-5-19-15-13(17(25)20-6-7-24)8-23(16(11)15)9-14-12(2)18(26-3)22-10-21-14/h4-5,8,10,24H,6-7,9H2,1-3H3,(H,20,25). The van der Waals surface area contributed by atoms with Crippen molar-refractivity contribution in [3.63, 3.8) is 0 Å². The van der Waals surface area contributed by atoms with E-state index in [1.54, 1.807) is 19.5 Å². The summed E-state index contributed by atoms with van der Waals surface area (Å²) in [6.07, 6.45) is 4.92. The van der Waals surface area contributed by atoms with Gasteiger partial charge in [0, 0.05) is 24.5 Å². The molecule has 0 aliphatic heterocycles. The molecule has 0 aliphatic rings. The van der Waals surface area contributed by atoms with Crippen molar-refractivity contribution in [1.29, 1.82) is 0 Å². The van der Waals surface area contributed by atoms with Crippen LogP contribution in [0.2, 0.25) is 0 Å². The highest BCUT2D eigenvalue weighted by atomic mass is 16.5. The molecule has 8 nitrogen and oxygen atoms in total. The van der Waals surface area contributed by atoms with Crippen LogP contribution in [0, 0.1) is 13.8 Å². The molecular weight excluding hydrogens is 334 g/mol. The number of aryl methyl sites for hydroxylation is 1. The topological polar surface area (TPSA) is 102 Å². The average Bonchev–Trinajstić information content (AvgIpc) is 3.01. The van der Waals surface area contributed by atoms with Crippen molar-refractivity contribution in [2.45, 2.75) is 20.4 Å². The maximum atomic E-state index is 12.4. The molecule has 0 unspecified atom stereocenters. The summed E-state index contributed by atoms with van der Waals surface area (Å²) in [7, 11) is 1.57. The molecule has 3 aromatic rings. The summed E-state index contributed by atoms with van der Waals surface area (Å²) in [6.45, 7) is 4.42. The molecule has 3 rings (SSSR count). The first-order valence-electron chi connectivity index (χ1n) is 8.24. The summed E-state index contributed by atoms with van der Waals surface area (Å²) in [5.74, 6) is 0.264. The van der Waals surface area contributed by atoms with E-state index >= 15 is 0 Å². The number of nitrogens with one attached hydrogen (secondary N) is 1. The normalized spacial score (nSPS) is 10.9. The summed E-state index contributed by atoms with van der Waals surface area (Å²) in [6, 6.07) is 1.90. The van der Waals surface area contributed by atoms with Gasteiger partial charge >= 0.3 is 0 Å². The number of methoxy groups -OCH3 is 1. The van der Waals surface area contributed by atoms with Crippen LogP contribution in [-0.2, 0) is 6.54 Å². The van der Waals surface area contributed by atoms with Crippen molar-refractivity contribution < 1.29 is 14.6 Å². The van der Waals surface area contributed by atoms with Gasteiger partial charge in [-0.1, -0.05) is 0 Å². The highest BCUT2D eigenvalue weighted by Gasteiger charge is 2.18. The van der Waals surface area contributed by atoms with Gasteiger partial charge in [0.2, 0.25) is 5.88 Å².